The Morgan fingerprint density at radius 3 is 3.19 bits per heavy atom. The molecule has 1 aliphatic heterocycles. The normalized spacial score (nSPS) is 14.8. The third-order valence-corrected chi connectivity index (χ3v) is 2.72. The molecule has 82 valence electrons. The van der Waals surface area contributed by atoms with E-state index in [1.807, 2.05) is 12.1 Å². The number of ketones is 1. The summed E-state index contributed by atoms with van der Waals surface area (Å²) in [5.41, 5.74) is 1.78. The summed E-state index contributed by atoms with van der Waals surface area (Å²) < 4.78 is 5.37. The second-order valence-corrected chi connectivity index (χ2v) is 4.08. The first kappa shape index (κ1) is 10.7. The summed E-state index contributed by atoms with van der Waals surface area (Å²) in [6.07, 6.45) is 1.15. The fourth-order valence-corrected chi connectivity index (χ4v) is 1.80. The predicted octanol–water partition coefficient (Wildman–Crippen LogP) is 2.35. The first-order valence-corrected chi connectivity index (χ1v) is 5.39. The van der Waals surface area contributed by atoms with E-state index in [-0.39, 0.29) is 18.1 Å². The SMILES string of the molecule is CC(C#N)CC(=O)c1ccc2c(c1)CCO2. The van der Waals surface area contributed by atoms with Gasteiger partial charge in [-0.1, -0.05) is 0 Å². The van der Waals surface area contributed by atoms with Gasteiger partial charge in [-0.2, -0.15) is 5.26 Å². The third-order valence-electron chi connectivity index (χ3n) is 2.72. The second kappa shape index (κ2) is 4.36. The zero-order valence-electron chi connectivity index (χ0n) is 9.19. The Morgan fingerprint density at radius 2 is 2.44 bits per heavy atom. The first-order valence-electron chi connectivity index (χ1n) is 5.39. The van der Waals surface area contributed by atoms with Gasteiger partial charge in [0.05, 0.1) is 18.6 Å². The summed E-state index contributed by atoms with van der Waals surface area (Å²) in [5.74, 6) is 0.686. The van der Waals surface area contributed by atoms with Crippen LogP contribution in [0.5, 0.6) is 5.75 Å². The number of nitrogens with zero attached hydrogens (tertiary/aromatic N) is 1. The number of Topliss-reactive ketones (excluding diaryl/α,β-unsaturated/α-hetero) is 1. The number of carbonyl (C=O) groups is 1. The van der Waals surface area contributed by atoms with Gasteiger partial charge in [-0.05, 0) is 30.7 Å². The number of hydrogen-bond donors (Lipinski definition) is 0. The quantitative estimate of drug-likeness (QED) is 0.727. The zero-order chi connectivity index (χ0) is 11.5. The number of rotatable bonds is 3. The van der Waals surface area contributed by atoms with E-state index in [1.54, 1.807) is 13.0 Å². The van der Waals surface area contributed by atoms with Crippen LogP contribution >= 0.6 is 0 Å². The summed E-state index contributed by atoms with van der Waals surface area (Å²) in [7, 11) is 0. The van der Waals surface area contributed by atoms with Gasteiger partial charge in [0.1, 0.15) is 5.75 Å². The molecule has 2 rings (SSSR count). The van der Waals surface area contributed by atoms with Crippen molar-refractivity contribution >= 4 is 5.78 Å². The number of carbonyl (C=O) groups excluding carboxylic acids is 1. The van der Waals surface area contributed by atoms with Gasteiger partial charge in [0.25, 0.3) is 0 Å². The fourth-order valence-electron chi connectivity index (χ4n) is 1.80. The molecule has 1 aromatic carbocycles. The second-order valence-electron chi connectivity index (χ2n) is 4.08. The lowest BCUT2D eigenvalue weighted by molar-refractivity contribution is 0.0972. The van der Waals surface area contributed by atoms with Gasteiger partial charge in [0.15, 0.2) is 5.78 Å². The van der Waals surface area contributed by atoms with Crippen LogP contribution in [0, 0.1) is 17.2 Å². The first-order chi connectivity index (χ1) is 7.70. The molecule has 0 fully saturated rings. The maximum absolute atomic E-state index is 11.8. The van der Waals surface area contributed by atoms with Gasteiger partial charge in [-0.15, -0.1) is 0 Å². The molecule has 1 unspecified atom stereocenters. The molecule has 0 saturated carbocycles. The van der Waals surface area contributed by atoms with Crippen LogP contribution < -0.4 is 4.74 Å². The lowest BCUT2D eigenvalue weighted by atomic mass is 9.99. The Hall–Kier alpha value is -1.82. The van der Waals surface area contributed by atoms with E-state index in [1.165, 1.54) is 0 Å². The van der Waals surface area contributed by atoms with Gasteiger partial charge in [0, 0.05) is 18.4 Å². The number of benzene rings is 1. The summed E-state index contributed by atoms with van der Waals surface area (Å²) >= 11 is 0. The van der Waals surface area contributed by atoms with Crippen molar-refractivity contribution < 1.29 is 9.53 Å². The molecule has 3 nitrogen and oxygen atoms in total. The van der Waals surface area contributed by atoms with Crippen molar-refractivity contribution in [1.82, 2.24) is 0 Å². The largest absolute Gasteiger partial charge is 0.493 e. The summed E-state index contributed by atoms with van der Waals surface area (Å²) in [4.78, 5) is 11.8. The molecule has 0 N–H and O–H groups in total. The predicted molar refractivity (Wildman–Crippen MR) is 59.4 cm³/mol. The lowest BCUT2D eigenvalue weighted by Gasteiger charge is -2.04. The van der Waals surface area contributed by atoms with Crippen LogP contribution in [0.2, 0.25) is 0 Å². The highest BCUT2D eigenvalue weighted by atomic mass is 16.5. The molecule has 1 aliphatic rings. The Bertz CT molecular complexity index is 459. The van der Waals surface area contributed by atoms with Crippen LogP contribution in [0.3, 0.4) is 0 Å². The van der Waals surface area contributed by atoms with Crippen molar-refractivity contribution in [3.63, 3.8) is 0 Å². The van der Waals surface area contributed by atoms with Crippen LogP contribution in [0.15, 0.2) is 18.2 Å². The van der Waals surface area contributed by atoms with Crippen molar-refractivity contribution in [3.8, 4) is 11.8 Å². The molecule has 16 heavy (non-hydrogen) atoms. The highest BCUT2D eigenvalue weighted by molar-refractivity contribution is 5.96. The van der Waals surface area contributed by atoms with E-state index in [0.29, 0.717) is 12.2 Å². The molecular formula is C13H13NO2. The minimum Gasteiger partial charge on any atom is -0.493 e. The number of hydrogen-bond acceptors (Lipinski definition) is 3. The minimum atomic E-state index is -0.225. The summed E-state index contributed by atoms with van der Waals surface area (Å²) in [6, 6.07) is 7.57. The van der Waals surface area contributed by atoms with E-state index < -0.39 is 0 Å². The average Bonchev–Trinajstić information content (AvgIpc) is 2.75. The highest BCUT2D eigenvalue weighted by Crippen LogP contribution is 2.26. The monoisotopic (exact) mass is 215 g/mol. The maximum atomic E-state index is 11.8. The van der Waals surface area contributed by atoms with Crippen molar-refractivity contribution in [2.45, 2.75) is 19.8 Å². The van der Waals surface area contributed by atoms with Crippen LogP contribution in [0.25, 0.3) is 0 Å². The van der Waals surface area contributed by atoms with Gasteiger partial charge < -0.3 is 4.74 Å². The van der Waals surface area contributed by atoms with Crippen molar-refractivity contribution in [2.75, 3.05) is 6.61 Å². The molecule has 3 heteroatoms. The van der Waals surface area contributed by atoms with E-state index in [9.17, 15) is 4.79 Å². The number of fused-ring (bicyclic) bond motifs is 1. The van der Waals surface area contributed by atoms with Gasteiger partial charge in [0.2, 0.25) is 0 Å². The molecule has 1 heterocycles. The Labute approximate surface area is 94.6 Å². The standard InChI is InChI=1S/C13H13NO2/c1-9(8-14)6-12(15)10-2-3-13-11(7-10)4-5-16-13/h2-3,7,9H,4-6H2,1H3. The molecular weight excluding hydrogens is 202 g/mol. The van der Waals surface area contributed by atoms with Crippen LogP contribution in [0.4, 0.5) is 0 Å². The molecule has 0 radical (unpaired) electrons. The minimum absolute atomic E-state index is 0.0313. The Kier molecular flexibility index (Phi) is 2.91. The van der Waals surface area contributed by atoms with E-state index in [2.05, 4.69) is 6.07 Å². The smallest absolute Gasteiger partial charge is 0.164 e. The lowest BCUT2D eigenvalue weighted by Crippen LogP contribution is -2.04. The molecule has 0 amide bonds. The van der Waals surface area contributed by atoms with Crippen molar-refractivity contribution in [3.05, 3.63) is 29.3 Å². The van der Waals surface area contributed by atoms with Gasteiger partial charge >= 0.3 is 0 Å². The molecule has 1 aromatic rings. The van der Waals surface area contributed by atoms with Crippen LogP contribution in [0.1, 0.15) is 29.3 Å². The van der Waals surface area contributed by atoms with Crippen LogP contribution in [-0.4, -0.2) is 12.4 Å². The zero-order valence-corrected chi connectivity index (χ0v) is 9.19. The molecule has 0 aromatic heterocycles. The molecule has 0 saturated heterocycles. The number of ether oxygens (including phenoxy) is 1. The van der Waals surface area contributed by atoms with Gasteiger partial charge in [-0.3, -0.25) is 4.79 Å². The summed E-state index contributed by atoms with van der Waals surface area (Å²) in [6.45, 7) is 2.45. The maximum Gasteiger partial charge on any atom is 0.164 e. The van der Waals surface area contributed by atoms with E-state index in [4.69, 9.17) is 10.00 Å². The summed E-state index contributed by atoms with van der Waals surface area (Å²) in [5, 5.41) is 8.66. The Balaban J connectivity index is 2.16. The van der Waals surface area contributed by atoms with E-state index in [0.717, 1.165) is 17.7 Å². The third kappa shape index (κ3) is 2.06. The van der Waals surface area contributed by atoms with Crippen LogP contribution in [-0.2, 0) is 6.42 Å². The molecule has 1 atom stereocenters. The Morgan fingerprint density at radius 1 is 1.62 bits per heavy atom. The topological polar surface area (TPSA) is 50.1 Å². The molecule has 0 bridgehead atoms. The average molecular weight is 215 g/mol. The van der Waals surface area contributed by atoms with E-state index >= 15 is 0 Å². The molecule has 0 aliphatic carbocycles. The van der Waals surface area contributed by atoms with Crippen molar-refractivity contribution in [1.29, 1.82) is 5.26 Å². The van der Waals surface area contributed by atoms with Crippen molar-refractivity contribution in [2.24, 2.45) is 5.92 Å². The fraction of sp³-hybridized carbons (Fsp3) is 0.385. The highest BCUT2D eigenvalue weighted by Gasteiger charge is 2.16. The van der Waals surface area contributed by atoms with Gasteiger partial charge in [-0.25, -0.2) is 0 Å². The molecule has 0 spiro atoms. The number of nitriles is 1.